The summed E-state index contributed by atoms with van der Waals surface area (Å²) in [5, 5.41) is 9.94. The van der Waals surface area contributed by atoms with E-state index in [1.807, 2.05) is 6.07 Å². The Labute approximate surface area is 199 Å². The van der Waals surface area contributed by atoms with E-state index in [2.05, 4.69) is 4.90 Å². The summed E-state index contributed by atoms with van der Waals surface area (Å²) in [5.41, 5.74) is 0.646. The van der Waals surface area contributed by atoms with Crippen LogP contribution in [-0.4, -0.2) is 54.1 Å². The van der Waals surface area contributed by atoms with Crippen molar-refractivity contribution in [1.82, 2.24) is 4.90 Å². The van der Waals surface area contributed by atoms with Gasteiger partial charge in [0.15, 0.2) is 0 Å². The van der Waals surface area contributed by atoms with Crippen LogP contribution in [0.2, 0.25) is 0 Å². The first kappa shape index (κ1) is 25.6. The van der Waals surface area contributed by atoms with Crippen molar-refractivity contribution in [1.29, 1.82) is 0 Å². The topological polar surface area (TPSA) is 59.0 Å². The molecule has 1 aliphatic heterocycles. The largest absolute Gasteiger partial charge is 0.490 e. The van der Waals surface area contributed by atoms with E-state index >= 15 is 0 Å². The first-order valence-electron chi connectivity index (χ1n) is 11.7. The molecule has 192 valence electrons. The number of carboxylic acids is 1. The van der Waals surface area contributed by atoms with Gasteiger partial charge in [-0.1, -0.05) is 18.2 Å². The fourth-order valence-electron chi connectivity index (χ4n) is 5.00. The number of benzene rings is 2. The molecule has 0 aromatic heterocycles. The Bertz CT molecular complexity index is 1040. The maximum atomic E-state index is 14.1. The molecule has 1 aliphatic carbocycles. The van der Waals surface area contributed by atoms with E-state index in [0.29, 0.717) is 37.0 Å². The Kier molecular flexibility index (Phi) is 7.80. The van der Waals surface area contributed by atoms with Gasteiger partial charge in [-0.05, 0) is 54.2 Å². The summed E-state index contributed by atoms with van der Waals surface area (Å²) in [6, 6.07) is 8.36. The fraction of sp³-hybridized carbons (Fsp3) is 0.560. The Morgan fingerprint density at radius 2 is 1.89 bits per heavy atom. The van der Waals surface area contributed by atoms with Crippen molar-refractivity contribution in [2.24, 2.45) is 5.92 Å². The lowest BCUT2D eigenvalue weighted by atomic mass is 9.87. The summed E-state index contributed by atoms with van der Waals surface area (Å²) < 4.78 is 78.1. The molecule has 5 nitrogen and oxygen atoms in total. The van der Waals surface area contributed by atoms with E-state index in [9.17, 15) is 26.7 Å². The van der Waals surface area contributed by atoms with Crippen LogP contribution in [0, 0.1) is 5.92 Å². The molecule has 2 aliphatic rings. The number of carboxylic acid groups (broad SMARTS) is 1. The molecule has 1 N–H and O–H groups in total. The van der Waals surface area contributed by atoms with Crippen LogP contribution in [0.1, 0.15) is 49.7 Å². The summed E-state index contributed by atoms with van der Waals surface area (Å²) >= 11 is 0. The van der Waals surface area contributed by atoms with Crippen LogP contribution in [0.4, 0.5) is 22.0 Å². The average Bonchev–Trinajstić information content (AvgIpc) is 2.78. The second-order valence-corrected chi connectivity index (χ2v) is 9.29. The molecular weight excluding hydrogens is 473 g/mol. The van der Waals surface area contributed by atoms with Gasteiger partial charge in [0.25, 0.3) is 6.43 Å². The summed E-state index contributed by atoms with van der Waals surface area (Å²) in [6.45, 7) is 2.06. The van der Waals surface area contributed by atoms with Gasteiger partial charge < -0.3 is 14.6 Å². The van der Waals surface area contributed by atoms with Crippen molar-refractivity contribution < 1.29 is 41.3 Å². The van der Waals surface area contributed by atoms with Crippen molar-refractivity contribution in [3.63, 3.8) is 0 Å². The molecule has 0 amide bonds. The molecule has 2 fully saturated rings. The van der Waals surface area contributed by atoms with Crippen molar-refractivity contribution in [2.75, 3.05) is 19.7 Å². The number of fused-ring (bicyclic) bond motifs is 1. The van der Waals surface area contributed by atoms with Crippen LogP contribution in [0.15, 0.2) is 30.3 Å². The quantitative estimate of drug-likeness (QED) is 0.475. The number of hydrogen-bond donors (Lipinski definition) is 1. The van der Waals surface area contributed by atoms with Gasteiger partial charge in [0, 0.05) is 19.6 Å². The molecule has 0 bridgehead atoms. The van der Waals surface area contributed by atoms with Crippen LogP contribution >= 0.6 is 0 Å². The predicted molar refractivity (Wildman–Crippen MR) is 119 cm³/mol. The third-order valence-electron chi connectivity index (χ3n) is 6.77. The average molecular weight is 501 g/mol. The van der Waals surface area contributed by atoms with Gasteiger partial charge in [0.05, 0.1) is 36.7 Å². The van der Waals surface area contributed by atoms with Crippen molar-refractivity contribution >= 4 is 16.7 Å². The number of hydrogen-bond acceptors (Lipinski definition) is 4. The second-order valence-electron chi connectivity index (χ2n) is 9.29. The Balaban J connectivity index is 1.47. The molecule has 1 heterocycles. The summed E-state index contributed by atoms with van der Waals surface area (Å²) in [5.74, 6) is -2.27. The lowest BCUT2D eigenvalue weighted by Crippen LogP contribution is -2.42. The highest BCUT2D eigenvalue weighted by molar-refractivity contribution is 5.88. The maximum Gasteiger partial charge on any atom is 0.391 e. The van der Waals surface area contributed by atoms with Gasteiger partial charge in [-0.2, -0.15) is 13.2 Å². The third-order valence-corrected chi connectivity index (χ3v) is 6.77. The van der Waals surface area contributed by atoms with E-state index in [0.717, 1.165) is 5.56 Å². The van der Waals surface area contributed by atoms with Crippen LogP contribution in [0.3, 0.4) is 0 Å². The number of rotatable bonds is 7. The zero-order chi connectivity index (χ0) is 25.2. The zero-order valence-electron chi connectivity index (χ0n) is 19.1. The van der Waals surface area contributed by atoms with Gasteiger partial charge in [-0.25, -0.2) is 8.78 Å². The van der Waals surface area contributed by atoms with Crippen molar-refractivity contribution in [2.45, 2.75) is 63.5 Å². The summed E-state index contributed by atoms with van der Waals surface area (Å²) in [6.07, 6.45) is -7.82. The molecule has 1 atom stereocenters. The molecule has 1 unspecified atom stereocenters. The lowest BCUT2D eigenvalue weighted by Gasteiger charge is -2.32. The Morgan fingerprint density at radius 1 is 1.14 bits per heavy atom. The summed E-state index contributed by atoms with van der Waals surface area (Å²) in [7, 11) is 0. The van der Waals surface area contributed by atoms with Crippen LogP contribution in [-0.2, 0) is 16.1 Å². The smallest absolute Gasteiger partial charge is 0.391 e. The van der Waals surface area contributed by atoms with E-state index in [1.165, 1.54) is 6.07 Å². The van der Waals surface area contributed by atoms with Crippen LogP contribution in [0.5, 0.6) is 5.75 Å². The van der Waals surface area contributed by atoms with Crippen molar-refractivity contribution in [3.8, 4) is 5.75 Å². The second kappa shape index (κ2) is 10.7. The monoisotopic (exact) mass is 501 g/mol. The number of morpholine rings is 1. The SMILES string of the molecule is O=C(O)CC1CN(Cc2ccc3c(C(F)F)c(O[C@H]4CC[C@@H](C(F)(F)F)CC4)ccc3c2)CCO1. The van der Waals surface area contributed by atoms with Gasteiger partial charge in [-0.15, -0.1) is 0 Å². The van der Waals surface area contributed by atoms with E-state index in [-0.39, 0.29) is 43.4 Å². The number of carbonyl (C=O) groups is 1. The molecule has 1 saturated carbocycles. The van der Waals surface area contributed by atoms with E-state index < -0.39 is 36.7 Å². The van der Waals surface area contributed by atoms with Crippen LogP contribution in [0.25, 0.3) is 10.8 Å². The molecule has 35 heavy (non-hydrogen) atoms. The van der Waals surface area contributed by atoms with Crippen molar-refractivity contribution in [3.05, 3.63) is 41.5 Å². The highest BCUT2D eigenvalue weighted by Gasteiger charge is 2.42. The first-order chi connectivity index (χ1) is 16.6. The number of aliphatic carboxylic acids is 1. The molecule has 10 heteroatoms. The summed E-state index contributed by atoms with van der Waals surface area (Å²) in [4.78, 5) is 13.0. The fourth-order valence-corrected chi connectivity index (χ4v) is 5.00. The van der Waals surface area contributed by atoms with E-state index in [1.54, 1.807) is 18.2 Å². The number of alkyl halides is 5. The van der Waals surface area contributed by atoms with E-state index in [4.69, 9.17) is 14.6 Å². The van der Waals surface area contributed by atoms with Gasteiger partial charge in [-0.3, -0.25) is 9.69 Å². The molecular formula is C25H28F5NO4. The molecule has 2 aromatic carbocycles. The minimum Gasteiger partial charge on any atom is -0.490 e. The molecule has 2 aromatic rings. The Morgan fingerprint density at radius 3 is 2.54 bits per heavy atom. The maximum absolute atomic E-state index is 14.1. The third kappa shape index (κ3) is 6.41. The molecule has 1 saturated heterocycles. The molecule has 0 spiro atoms. The molecule has 4 rings (SSSR count). The highest BCUT2D eigenvalue weighted by Crippen LogP contribution is 2.41. The standard InChI is InChI=1S/C25H28F5NO4/c26-24(27)23-20-7-1-15(13-31-9-10-34-19(14-31)12-22(32)33)11-16(20)2-8-21(23)35-18-5-3-17(4-6-18)25(28,29)30/h1-2,7-8,11,17-19,24H,3-6,9-10,12-14H2,(H,32,33)/t17-,18+,19?. The normalized spacial score (nSPS) is 24.1. The predicted octanol–water partition coefficient (Wildman–Crippen LogP) is 5.95. The number of ether oxygens (including phenoxy) is 2. The van der Waals surface area contributed by atoms with Crippen LogP contribution < -0.4 is 4.74 Å². The minimum absolute atomic E-state index is 0.0143. The highest BCUT2D eigenvalue weighted by atomic mass is 19.4. The molecule has 0 radical (unpaired) electrons. The van der Waals surface area contributed by atoms with Gasteiger partial charge in [0.2, 0.25) is 0 Å². The zero-order valence-corrected chi connectivity index (χ0v) is 19.1. The lowest BCUT2D eigenvalue weighted by molar-refractivity contribution is -0.185. The van der Waals surface area contributed by atoms with Gasteiger partial charge in [0.1, 0.15) is 5.75 Å². The first-order valence-corrected chi connectivity index (χ1v) is 11.7. The number of halogens is 5. The Hall–Kier alpha value is -2.46. The number of nitrogens with zero attached hydrogens (tertiary/aromatic N) is 1. The van der Waals surface area contributed by atoms with Gasteiger partial charge >= 0.3 is 12.1 Å². The minimum atomic E-state index is -4.24.